The molecule has 0 radical (unpaired) electrons. The monoisotopic (exact) mass is 450 g/mol. The highest BCUT2D eigenvalue weighted by Gasteiger charge is 2.25. The number of esters is 1. The molecule has 0 atom stereocenters. The van der Waals surface area contributed by atoms with Crippen LogP contribution in [0.3, 0.4) is 0 Å². The summed E-state index contributed by atoms with van der Waals surface area (Å²) in [6.07, 6.45) is 0.278. The summed E-state index contributed by atoms with van der Waals surface area (Å²) >= 11 is 0. The van der Waals surface area contributed by atoms with E-state index in [9.17, 15) is 4.79 Å². The standard InChI is InChI=1S/C22H24N2O2.C4H10O.C2H4/c1-13-5-7-16(8-6-13)20-17(12-19(25)26-4)15(3)21-22-18(20)11-14(2)24(22)10-9-23-21;1-4(2,3)5;1-2/h5-8,11,23H,9-10,12H2,1-4H3;5H,1-3H3;1-2H2. The Hall–Kier alpha value is -3.05. The minimum absolute atomic E-state index is 0.208. The second-order valence-electron chi connectivity index (χ2n) is 9.27. The van der Waals surface area contributed by atoms with Crippen molar-refractivity contribution in [3.05, 3.63) is 65.9 Å². The lowest BCUT2D eigenvalue weighted by Crippen LogP contribution is -2.19. The fraction of sp³-hybridized carbons (Fsp3) is 0.393. The van der Waals surface area contributed by atoms with Gasteiger partial charge in [-0.2, -0.15) is 0 Å². The normalized spacial score (nSPS) is 12.1. The molecule has 178 valence electrons. The number of aromatic nitrogens is 1. The Balaban J connectivity index is 0.000000489. The highest BCUT2D eigenvalue weighted by Crippen LogP contribution is 2.43. The van der Waals surface area contributed by atoms with Gasteiger partial charge < -0.3 is 19.7 Å². The maximum atomic E-state index is 12.1. The van der Waals surface area contributed by atoms with Gasteiger partial charge in [0.15, 0.2) is 0 Å². The molecule has 5 heteroatoms. The van der Waals surface area contributed by atoms with E-state index >= 15 is 0 Å². The Labute approximate surface area is 198 Å². The van der Waals surface area contributed by atoms with Gasteiger partial charge in [-0.3, -0.25) is 4.79 Å². The van der Waals surface area contributed by atoms with E-state index in [2.05, 4.69) is 74.1 Å². The molecule has 2 heterocycles. The molecule has 0 amide bonds. The van der Waals surface area contributed by atoms with Gasteiger partial charge in [0.05, 0.1) is 30.3 Å². The zero-order valence-electron chi connectivity index (χ0n) is 21.1. The van der Waals surface area contributed by atoms with Gasteiger partial charge in [-0.1, -0.05) is 29.8 Å². The Bertz CT molecular complexity index is 1110. The quantitative estimate of drug-likeness (QED) is 0.382. The van der Waals surface area contributed by atoms with Crippen LogP contribution in [-0.4, -0.2) is 34.9 Å². The van der Waals surface area contributed by atoms with Gasteiger partial charge in [0.2, 0.25) is 0 Å². The fourth-order valence-corrected chi connectivity index (χ4v) is 4.10. The Kier molecular flexibility index (Phi) is 8.51. The van der Waals surface area contributed by atoms with Crippen molar-refractivity contribution in [1.29, 1.82) is 0 Å². The number of carbonyl (C=O) groups is 1. The predicted molar refractivity (Wildman–Crippen MR) is 139 cm³/mol. The summed E-state index contributed by atoms with van der Waals surface area (Å²) in [6.45, 7) is 19.4. The van der Waals surface area contributed by atoms with Crippen LogP contribution in [-0.2, 0) is 22.5 Å². The van der Waals surface area contributed by atoms with E-state index in [-0.39, 0.29) is 12.4 Å². The second-order valence-corrected chi connectivity index (χ2v) is 9.27. The maximum Gasteiger partial charge on any atom is 0.310 e. The number of aliphatic hydroxyl groups is 1. The van der Waals surface area contributed by atoms with Crippen LogP contribution in [0.1, 0.15) is 43.2 Å². The SMILES string of the molecule is C=C.CC(C)(C)O.COC(=O)Cc1c(C)c2c3c(cc(C)n3CCN2)c1-c1ccc(C)cc1. The van der Waals surface area contributed by atoms with E-state index in [0.29, 0.717) is 0 Å². The second kappa shape index (κ2) is 10.7. The third kappa shape index (κ3) is 6.05. The van der Waals surface area contributed by atoms with Crippen molar-refractivity contribution in [3.8, 4) is 11.1 Å². The van der Waals surface area contributed by atoms with Crippen LogP contribution >= 0.6 is 0 Å². The molecule has 0 saturated carbocycles. The van der Waals surface area contributed by atoms with Crippen molar-refractivity contribution in [3.63, 3.8) is 0 Å². The predicted octanol–water partition coefficient (Wildman–Crippen LogP) is 5.95. The Morgan fingerprint density at radius 2 is 1.73 bits per heavy atom. The zero-order valence-corrected chi connectivity index (χ0v) is 21.1. The fourth-order valence-electron chi connectivity index (χ4n) is 4.10. The van der Waals surface area contributed by atoms with E-state index in [1.165, 1.54) is 29.3 Å². The van der Waals surface area contributed by atoms with Gasteiger partial charge in [0.1, 0.15) is 0 Å². The molecule has 0 aliphatic carbocycles. The number of carbonyl (C=O) groups excluding carboxylic acids is 1. The van der Waals surface area contributed by atoms with Crippen molar-refractivity contribution in [2.45, 2.75) is 60.1 Å². The maximum absolute atomic E-state index is 12.1. The van der Waals surface area contributed by atoms with Crippen LogP contribution < -0.4 is 5.32 Å². The molecule has 4 rings (SSSR count). The Morgan fingerprint density at radius 3 is 2.27 bits per heavy atom. The van der Waals surface area contributed by atoms with Crippen LogP contribution in [0.15, 0.2) is 43.5 Å². The van der Waals surface area contributed by atoms with Gasteiger partial charge in [0, 0.05) is 24.2 Å². The number of methoxy groups -OCH3 is 1. The number of nitrogens with zero attached hydrogens (tertiary/aromatic N) is 1. The van der Waals surface area contributed by atoms with Gasteiger partial charge in [0.25, 0.3) is 0 Å². The van der Waals surface area contributed by atoms with Crippen molar-refractivity contribution >= 4 is 22.6 Å². The van der Waals surface area contributed by atoms with E-state index in [1.807, 2.05) is 0 Å². The summed E-state index contributed by atoms with van der Waals surface area (Å²) in [5.41, 5.74) is 8.86. The molecule has 3 aromatic rings. The van der Waals surface area contributed by atoms with Crippen molar-refractivity contribution < 1.29 is 14.6 Å². The summed E-state index contributed by atoms with van der Waals surface area (Å²) in [5.74, 6) is -0.208. The number of anilines is 1. The average molecular weight is 451 g/mol. The molecule has 5 nitrogen and oxygen atoms in total. The molecule has 0 spiro atoms. The molecule has 2 N–H and O–H groups in total. The van der Waals surface area contributed by atoms with E-state index in [4.69, 9.17) is 9.84 Å². The van der Waals surface area contributed by atoms with Crippen molar-refractivity contribution in [2.24, 2.45) is 0 Å². The van der Waals surface area contributed by atoms with Crippen LogP contribution in [0.2, 0.25) is 0 Å². The first-order valence-electron chi connectivity index (χ1n) is 11.3. The third-order valence-electron chi connectivity index (χ3n) is 5.47. The van der Waals surface area contributed by atoms with Gasteiger partial charge in [-0.25, -0.2) is 0 Å². The summed E-state index contributed by atoms with van der Waals surface area (Å²) in [5, 5.41) is 13.3. The summed E-state index contributed by atoms with van der Waals surface area (Å²) in [4.78, 5) is 12.1. The molecule has 33 heavy (non-hydrogen) atoms. The number of benzene rings is 2. The topological polar surface area (TPSA) is 63.5 Å². The summed E-state index contributed by atoms with van der Waals surface area (Å²) < 4.78 is 7.37. The lowest BCUT2D eigenvalue weighted by Gasteiger charge is -2.25. The van der Waals surface area contributed by atoms with Crippen LogP contribution in [0.4, 0.5) is 5.69 Å². The molecule has 1 aliphatic rings. The van der Waals surface area contributed by atoms with Crippen molar-refractivity contribution in [2.75, 3.05) is 19.0 Å². The number of rotatable bonds is 3. The van der Waals surface area contributed by atoms with Gasteiger partial charge in [-0.15, -0.1) is 13.2 Å². The number of aryl methyl sites for hydroxylation is 2. The molecule has 0 saturated heterocycles. The molecule has 0 fully saturated rings. The molecular weight excluding hydrogens is 412 g/mol. The lowest BCUT2D eigenvalue weighted by molar-refractivity contribution is -0.139. The lowest BCUT2D eigenvalue weighted by atomic mass is 9.89. The smallest absolute Gasteiger partial charge is 0.310 e. The van der Waals surface area contributed by atoms with E-state index in [0.717, 1.165) is 41.0 Å². The average Bonchev–Trinajstić information content (AvgIpc) is 3.10. The highest BCUT2D eigenvalue weighted by atomic mass is 16.5. The first-order valence-corrected chi connectivity index (χ1v) is 11.3. The third-order valence-corrected chi connectivity index (χ3v) is 5.47. The number of hydrogen-bond donors (Lipinski definition) is 2. The minimum atomic E-state index is -0.500. The van der Waals surface area contributed by atoms with Crippen molar-refractivity contribution in [1.82, 2.24) is 4.57 Å². The zero-order chi connectivity index (χ0) is 24.9. The Morgan fingerprint density at radius 1 is 1.15 bits per heavy atom. The number of hydrogen-bond acceptors (Lipinski definition) is 4. The van der Waals surface area contributed by atoms with Gasteiger partial charge in [-0.05, 0) is 69.9 Å². The summed E-state index contributed by atoms with van der Waals surface area (Å²) in [6, 6.07) is 10.8. The largest absolute Gasteiger partial charge is 0.469 e. The molecule has 2 aromatic carbocycles. The highest BCUT2D eigenvalue weighted by molar-refractivity contribution is 6.07. The van der Waals surface area contributed by atoms with E-state index in [1.54, 1.807) is 20.8 Å². The summed E-state index contributed by atoms with van der Waals surface area (Å²) in [7, 11) is 1.45. The minimum Gasteiger partial charge on any atom is -0.469 e. The van der Waals surface area contributed by atoms with E-state index < -0.39 is 5.60 Å². The molecule has 0 bridgehead atoms. The molecule has 1 aromatic heterocycles. The van der Waals surface area contributed by atoms with Crippen LogP contribution in [0.5, 0.6) is 0 Å². The number of ether oxygens (including phenoxy) is 1. The van der Waals surface area contributed by atoms with Crippen LogP contribution in [0.25, 0.3) is 22.0 Å². The molecule has 0 unspecified atom stereocenters. The molecular formula is C28H38N2O3. The number of nitrogens with one attached hydrogen (secondary N) is 1. The first-order chi connectivity index (χ1) is 15.5. The van der Waals surface area contributed by atoms with Gasteiger partial charge >= 0.3 is 5.97 Å². The molecule has 1 aliphatic heterocycles. The van der Waals surface area contributed by atoms with Crippen LogP contribution in [0, 0.1) is 20.8 Å². The first kappa shape index (κ1) is 26.2.